The van der Waals surface area contributed by atoms with Gasteiger partial charge in [0.05, 0.1) is 21.8 Å². The van der Waals surface area contributed by atoms with Crippen molar-refractivity contribution in [1.29, 1.82) is 0 Å². The van der Waals surface area contributed by atoms with Crippen molar-refractivity contribution < 1.29 is 9.59 Å². The lowest BCUT2D eigenvalue weighted by Gasteiger charge is -2.08. The number of nitrogens with zero attached hydrogens (tertiary/aromatic N) is 1. The van der Waals surface area contributed by atoms with E-state index in [9.17, 15) is 9.59 Å². The molecule has 0 saturated carbocycles. The van der Waals surface area contributed by atoms with E-state index < -0.39 is 0 Å². The molecule has 4 rings (SSSR count). The van der Waals surface area contributed by atoms with Crippen LogP contribution in [0.5, 0.6) is 0 Å². The van der Waals surface area contributed by atoms with Gasteiger partial charge in [-0.05, 0) is 48.0 Å². The minimum atomic E-state index is -0.348. The Morgan fingerprint density at radius 3 is 2.53 bits per heavy atom. The number of aromatic nitrogens is 1. The number of para-hydroxylation sites is 1. The summed E-state index contributed by atoms with van der Waals surface area (Å²) in [6, 6.07) is 22.3. The summed E-state index contributed by atoms with van der Waals surface area (Å²) in [6.45, 7) is -0.126. The monoisotopic (exact) mass is 435 g/mol. The van der Waals surface area contributed by atoms with Crippen molar-refractivity contribution in [3.05, 3.63) is 94.0 Å². The summed E-state index contributed by atoms with van der Waals surface area (Å²) in [5.74, 6) is -0.650. The van der Waals surface area contributed by atoms with Crippen LogP contribution in [0.2, 0.25) is 5.02 Å². The van der Waals surface area contributed by atoms with Gasteiger partial charge in [-0.25, -0.2) is 4.98 Å². The number of thiazole rings is 1. The zero-order chi connectivity index (χ0) is 20.9. The summed E-state index contributed by atoms with van der Waals surface area (Å²) in [5, 5.41) is 6.89. The van der Waals surface area contributed by atoms with Gasteiger partial charge in [0.15, 0.2) is 0 Å². The van der Waals surface area contributed by atoms with Gasteiger partial charge in [-0.1, -0.05) is 41.9 Å². The van der Waals surface area contributed by atoms with E-state index >= 15 is 0 Å². The molecule has 7 heteroatoms. The molecule has 0 saturated heterocycles. The molecule has 0 bridgehead atoms. The number of amides is 2. The molecule has 1 aromatic heterocycles. The summed E-state index contributed by atoms with van der Waals surface area (Å²) in [4.78, 5) is 28.9. The molecule has 5 nitrogen and oxygen atoms in total. The van der Waals surface area contributed by atoms with Crippen LogP contribution in [-0.4, -0.2) is 23.3 Å². The highest BCUT2D eigenvalue weighted by Gasteiger charge is 2.09. The molecule has 0 aliphatic carbocycles. The van der Waals surface area contributed by atoms with E-state index in [4.69, 9.17) is 11.6 Å². The van der Waals surface area contributed by atoms with Crippen molar-refractivity contribution in [2.75, 3.05) is 11.9 Å². The normalized spacial score (nSPS) is 10.7. The predicted octanol–water partition coefficient (Wildman–Crippen LogP) is 4.91. The second kappa shape index (κ2) is 9.07. The number of nitrogens with one attached hydrogen (secondary N) is 2. The maximum atomic E-state index is 12.1. The van der Waals surface area contributed by atoms with Gasteiger partial charge < -0.3 is 10.6 Å². The minimum Gasteiger partial charge on any atom is -0.343 e. The maximum Gasteiger partial charge on any atom is 0.251 e. The van der Waals surface area contributed by atoms with Crippen molar-refractivity contribution in [2.45, 2.75) is 6.42 Å². The largest absolute Gasteiger partial charge is 0.343 e. The summed E-state index contributed by atoms with van der Waals surface area (Å²) in [7, 11) is 0. The van der Waals surface area contributed by atoms with Crippen molar-refractivity contribution in [1.82, 2.24) is 10.3 Å². The van der Waals surface area contributed by atoms with E-state index in [0.29, 0.717) is 16.3 Å². The van der Waals surface area contributed by atoms with E-state index in [1.807, 2.05) is 42.5 Å². The van der Waals surface area contributed by atoms with E-state index in [-0.39, 0.29) is 18.4 Å². The predicted molar refractivity (Wildman–Crippen MR) is 121 cm³/mol. The minimum absolute atomic E-state index is 0.126. The van der Waals surface area contributed by atoms with Crippen LogP contribution in [0.3, 0.4) is 0 Å². The maximum absolute atomic E-state index is 12.1. The summed E-state index contributed by atoms with van der Waals surface area (Å²) in [5.41, 5.74) is 3.21. The number of hydrogen-bond donors (Lipinski definition) is 2. The summed E-state index contributed by atoms with van der Waals surface area (Å²) >= 11 is 7.57. The SMILES string of the molecule is O=C(CNC(=O)c1cccc(Cl)c1)Nc1ccc(Cc2nc3ccccc3s2)cc1. The topological polar surface area (TPSA) is 71.1 Å². The average molecular weight is 436 g/mol. The number of carbonyl (C=O) groups is 2. The van der Waals surface area contributed by atoms with E-state index in [1.165, 1.54) is 4.70 Å². The Labute approximate surface area is 182 Å². The lowest BCUT2D eigenvalue weighted by Crippen LogP contribution is -2.32. The highest BCUT2D eigenvalue weighted by atomic mass is 35.5. The molecule has 150 valence electrons. The molecule has 0 aliphatic rings. The fraction of sp³-hybridized carbons (Fsp3) is 0.0870. The van der Waals surface area contributed by atoms with Crippen LogP contribution >= 0.6 is 22.9 Å². The van der Waals surface area contributed by atoms with Gasteiger partial charge in [0.2, 0.25) is 5.91 Å². The first-order valence-electron chi connectivity index (χ1n) is 9.34. The smallest absolute Gasteiger partial charge is 0.251 e. The highest BCUT2D eigenvalue weighted by Crippen LogP contribution is 2.24. The summed E-state index contributed by atoms with van der Waals surface area (Å²) < 4.78 is 1.18. The van der Waals surface area contributed by atoms with E-state index in [0.717, 1.165) is 22.5 Å². The average Bonchev–Trinajstić information content (AvgIpc) is 3.16. The molecule has 0 aliphatic heterocycles. The first kappa shape index (κ1) is 20.1. The Morgan fingerprint density at radius 2 is 1.77 bits per heavy atom. The van der Waals surface area contributed by atoms with Gasteiger partial charge in [-0.15, -0.1) is 11.3 Å². The number of benzene rings is 3. The Hall–Kier alpha value is -3.22. The number of halogens is 1. The molecular formula is C23H18ClN3O2S. The first-order chi connectivity index (χ1) is 14.6. The molecule has 3 aromatic carbocycles. The number of rotatable bonds is 6. The lowest BCUT2D eigenvalue weighted by molar-refractivity contribution is -0.115. The number of carbonyl (C=O) groups excluding carboxylic acids is 2. The Kier molecular flexibility index (Phi) is 6.07. The second-order valence-corrected chi connectivity index (χ2v) is 8.24. The third-order valence-electron chi connectivity index (χ3n) is 4.43. The van der Waals surface area contributed by atoms with Gasteiger partial charge in [-0.3, -0.25) is 9.59 Å². The van der Waals surface area contributed by atoms with Crippen molar-refractivity contribution >= 4 is 50.7 Å². The van der Waals surface area contributed by atoms with Crippen LogP contribution in [0.1, 0.15) is 20.9 Å². The van der Waals surface area contributed by atoms with Gasteiger partial charge in [0.25, 0.3) is 5.91 Å². The first-order valence-corrected chi connectivity index (χ1v) is 10.5. The quantitative estimate of drug-likeness (QED) is 0.452. The number of anilines is 1. The molecule has 0 radical (unpaired) electrons. The molecule has 0 unspecified atom stereocenters. The fourth-order valence-corrected chi connectivity index (χ4v) is 4.17. The van der Waals surface area contributed by atoms with Gasteiger partial charge in [0, 0.05) is 22.7 Å². The number of hydrogen-bond acceptors (Lipinski definition) is 4. The lowest BCUT2D eigenvalue weighted by atomic mass is 10.1. The zero-order valence-corrected chi connectivity index (χ0v) is 17.5. The molecule has 4 aromatic rings. The molecule has 2 amide bonds. The van der Waals surface area contributed by atoms with Crippen molar-refractivity contribution in [3.8, 4) is 0 Å². The zero-order valence-electron chi connectivity index (χ0n) is 15.9. The molecule has 30 heavy (non-hydrogen) atoms. The third kappa shape index (κ3) is 5.03. The van der Waals surface area contributed by atoms with E-state index in [1.54, 1.807) is 35.6 Å². The third-order valence-corrected chi connectivity index (χ3v) is 5.70. The van der Waals surface area contributed by atoms with Crippen LogP contribution in [0.4, 0.5) is 5.69 Å². The number of fused-ring (bicyclic) bond motifs is 1. The molecular weight excluding hydrogens is 418 g/mol. The highest BCUT2D eigenvalue weighted by molar-refractivity contribution is 7.18. The Balaban J connectivity index is 1.30. The standard InChI is InChI=1S/C23H18ClN3O2S/c24-17-5-3-4-16(13-17)23(29)25-14-21(28)26-18-10-8-15(9-11-18)12-22-27-19-6-1-2-7-20(19)30-22/h1-11,13H,12,14H2,(H,25,29)(H,26,28). The Morgan fingerprint density at radius 1 is 0.967 bits per heavy atom. The van der Waals surface area contributed by atoms with Gasteiger partial charge in [-0.2, -0.15) is 0 Å². The molecule has 2 N–H and O–H groups in total. The van der Waals surface area contributed by atoms with Gasteiger partial charge >= 0.3 is 0 Å². The van der Waals surface area contributed by atoms with Crippen LogP contribution < -0.4 is 10.6 Å². The van der Waals surface area contributed by atoms with Crippen LogP contribution in [0, 0.1) is 0 Å². The van der Waals surface area contributed by atoms with Crippen LogP contribution in [-0.2, 0) is 11.2 Å². The van der Waals surface area contributed by atoms with Crippen molar-refractivity contribution in [2.24, 2.45) is 0 Å². The van der Waals surface area contributed by atoms with Crippen LogP contribution in [0.15, 0.2) is 72.8 Å². The second-order valence-electron chi connectivity index (χ2n) is 6.69. The molecule has 0 fully saturated rings. The molecule has 1 heterocycles. The van der Waals surface area contributed by atoms with Crippen molar-refractivity contribution in [3.63, 3.8) is 0 Å². The van der Waals surface area contributed by atoms with E-state index in [2.05, 4.69) is 21.7 Å². The van der Waals surface area contributed by atoms with Crippen LogP contribution in [0.25, 0.3) is 10.2 Å². The summed E-state index contributed by atoms with van der Waals surface area (Å²) in [6.07, 6.45) is 0.739. The molecule has 0 spiro atoms. The Bertz CT molecular complexity index is 1170. The van der Waals surface area contributed by atoms with Gasteiger partial charge in [0.1, 0.15) is 0 Å². The molecule has 0 atom stereocenters. The fourth-order valence-electron chi connectivity index (χ4n) is 2.97.